The first-order valence-corrected chi connectivity index (χ1v) is 8.81. The van der Waals surface area contributed by atoms with Crippen molar-refractivity contribution in [3.63, 3.8) is 0 Å². The number of amides is 1. The van der Waals surface area contributed by atoms with Crippen molar-refractivity contribution in [1.82, 2.24) is 4.98 Å². The molecular formula is C19H19F2N3O3. The van der Waals surface area contributed by atoms with E-state index in [0.29, 0.717) is 13.2 Å². The van der Waals surface area contributed by atoms with Gasteiger partial charge in [0.05, 0.1) is 25.1 Å². The van der Waals surface area contributed by atoms with Crippen LogP contribution in [0.3, 0.4) is 0 Å². The van der Waals surface area contributed by atoms with E-state index in [4.69, 9.17) is 9.47 Å². The molecule has 4 rings (SSSR count). The molecule has 0 radical (unpaired) electrons. The first kappa shape index (κ1) is 17.8. The lowest BCUT2D eigenvalue weighted by Crippen LogP contribution is -2.45. The maximum absolute atomic E-state index is 13.7. The van der Waals surface area contributed by atoms with Gasteiger partial charge in [-0.1, -0.05) is 6.07 Å². The summed E-state index contributed by atoms with van der Waals surface area (Å²) in [6.45, 7) is 2.78. The highest BCUT2D eigenvalue weighted by atomic mass is 19.1. The van der Waals surface area contributed by atoms with Crippen molar-refractivity contribution >= 4 is 17.3 Å². The second-order valence-corrected chi connectivity index (χ2v) is 6.55. The number of piperidine rings is 1. The minimum Gasteiger partial charge on any atom is -0.370 e. The van der Waals surface area contributed by atoms with Crippen molar-refractivity contribution in [3.05, 3.63) is 53.9 Å². The van der Waals surface area contributed by atoms with Crippen molar-refractivity contribution in [2.75, 3.05) is 36.5 Å². The number of nitrogens with zero attached hydrogens (tertiary/aromatic N) is 2. The van der Waals surface area contributed by atoms with Gasteiger partial charge in [0, 0.05) is 25.9 Å². The first-order valence-electron chi connectivity index (χ1n) is 8.81. The molecule has 3 heterocycles. The van der Waals surface area contributed by atoms with E-state index in [1.165, 1.54) is 12.1 Å². The number of ether oxygens (including phenoxy) is 2. The highest BCUT2D eigenvalue weighted by Gasteiger charge is 2.39. The molecule has 0 bridgehead atoms. The molecule has 0 saturated carbocycles. The molecule has 27 heavy (non-hydrogen) atoms. The molecule has 8 heteroatoms. The van der Waals surface area contributed by atoms with E-state index in [1.54, 1.807) is 12.3 Å². The fourth-order valence-corrected chi connectivity index (χ4v) is 3.39. The van der Waals surface area contributed by atoms with Crippen LogP contribution in [0, 0.1) is 11.6 Å². The van der Waals surface area contributed by atoms with Crippen LogP contribution in [0.25, 0.3) is 0 Å². The molecule has 2 aromatic rings. The molecule has 2 aliphatic rings. The molecule has 6 nitrogen and oxygen atoms in total. The summed E-state index contributed by atoms with van der Waals surface area (Å²) < 4.78 is 38.7. The summed E-state index contributed by atoms with van der Waals surface area (Å²) in [5.74, 6) is -2.79. The Labute approximate surface area is 155 Å². The van der Waals surface area contributed by atoms with Crippen LogP contribution in [-0.4, -0.2) is 43.0 Å². The highest BCUT2D eigenvalue weighted by Crippen LogP contribution is 2.33. The molecular weight excluding hydrogens is 356 g/mol. The summed E-state index contributed by atoms with van der Waals surface area (Å²) in [4.78, 5) is 18.5. The Balaban J connectivity index is 1.41. The zero-order valence-electron chi connectivity index (χ0n) is 14.6. The number of carbonyl (C=O) groups excluding carboxylic acids is 1. The summed E-state index contributed by atoms with van der Waals surface area (Å²) in [6.07, 6.45) is 3.12. The van der Waals surface area contributed by atoms with Crippen LogP contribution in [0.2, 0.25) is 0 Å². The smallest absolute Gasteiger partial charge is 0.274 e. The number of nitrogens with one attached hydrogen (secondary N) is 1. The molecule has 0 unspecified atom stereocenters. The molecule has 0 aliphatic carbocycles. The van der Waals surface area contributed by atoms with Gasteiger partial charge in [0.25, 0.3) is 5.91 Å². The summed E-state index contributed by atoms with van der Waals surface area (Å²) in [7, 11) is 0. The van der Waals surface area contributed by atoms with Gasteiger partial charge in [0.2, 0.25) is 0 Å². The fourth-order valence-electron chi connectivity index (χ4n) is 3.39. The van der Waals surface area contributed by atoms with Crippen molar-refractivity contribution in [2.24, 2.45) is 0 Å². The maximum atomic E-state index is 13.7. The Hall–Kier alpha value is -2.58. The summed E-state index contributed by atoms with van der Waals surface area (Å²) in [5, 5.41) is 2.23. The van der Waals surface area contributed by atoms with E-state index in [9.17, 15) is 13.6 Å². The van der Waals surface area contributed by atoms with Crippen LogP contribution in [0.4, 0.5) is 20.2 Å². The normalized spacial score (nSPS) is 18.7. The lowest BCUT2D eigenvalue weighted by atomic mass is 10.0. The number of benzene rings is 1. The Morgan fingerprint density at radius 1 is 1.07 bits per heavy atom. The SMILES string of the molecule is O=C(Nc1c(F)cccc1F)c1ccc(N2CCC3(CC2)OCCO3)cn1. The largest absolute Gasteiger partial charge is 0.370 e. The molecule has 1 N–H and O–H groups in total. The zero-order valence-corrected chi connectivity index (χ0v) is 14.6. The summed E-state index contributed by atoms with van der Waals surface area (Å²) >= 11 is 0. The Morgan fingerprint density at radius 2 is 1.74 bits per heavy atom. The van der Waals surface area contributed by atoms with Gasteiger partial charge in [0.15, 0.2) is 5.79 Å². The van der Waals surface area contributed by atoms with Gasteiger partial charge >= 0.3 is 0 Å². The number of pyridine rings is 1. The Morgan fingerprint density at radius 3 is 2.33 bits per heavy atom. The summed E-state index contributed by atoms with van der Waals surface area (Å²) in [5.41, 5.74) is 0.472. The number of carbonyl (C=O) groups is 1. The molecule has 1 aromatic heterocycles. The number of anilines is 2. The van der Waals surface area contributed by atoms with Crippen LogP contribution in [-0.2, 0) is 9.47 Å². The van der Waals surface area contributed by atoms with Gasteiger partial charge < -0.3 is 19.7 Å². The topological polar surface area (TPSA) is 63.7 Å². The quantitative estimate of drug-likeness (QED) is 0.894. The molecule has 142 valence electrons. The second-order valence-electron chi connectivity index (χ2n) is 6.55. The number of rotatable bonds is 3. The highest BCUT2D eigenvalue weighted by molar-refractivity contribution is 6.03. The van der Waals surface area contributed by atoms with E-state index in [2.05, 4.69) is 15.2 Å². The maximum Gasteiger partial charge on any atom is 0.274 e. The van der Waals surface area contributed by atoms with Crippen LogP contribution in [0.5, 0.6) is 0 Å². The molecule has 2 saturated heterocycles. The molecule has 1 amide bonds. The number of hydrogen-bond acceptors (Lipinski definition) is 5. The van der Waals surface area contributed by atoms with E-state index in [1.807, 2.05) is 0 Å². The number of halogens is 2. The third-order valence-electron chi connectivity index (χ3n) is 4.89. The number of aromatic nitrogens is 1. The van der Waals surface area contributed by atoms with Crippen molar-refractivity contribution in [2.45, 2.75) is 18.6 Å². The van der Waals surface area contributed by atoms with Crippen LogP contribution in [0.15, 0.2) is 36.5 Å². The predicted octanol–water partition coefficient (Wildman–Crippen LogP) is 2.96. The van der Waals surface area contributed by atoms with Crippen molar-refractivity contribution in [3.8, 4) is 0 Å². The van der Waals surface area contributed by atoms with E-state index < -0.39 is 29.0 Å². The standard InChI is InChI=1S/C19H19F2N3O3/c20-14-2-1-3-15(21)17(14)23-18(25)16-5-4-13(12-22-16)24-8-6-19(7-9-24)26-10-11-27-19/h1-5,12H,6-11H2,(H,23,25). The average Bonchev–Trinajstić information content (AvgIpc) is 3.13. The van der Waals surface area contributed by atoms with Gasteiger partial charge in [0.1, 0.15) is 23.0 Å². The van der Waals surface area contributed by atoms with Gasteiger partial charge in [-0.25, -0.2) is 13.8 Å². The minimum absolute atomic E-state index is 0.0809. The van der Waals surface area contributed by atoms with Gasteiger partial charge in [-0.15, -0.1) is 0 Å². The van der Waals surface area contributed by atoms with Gasteiger partial charge in [-0.05, 0) is 24.3 Å². The Bertz CT molecular complexity index is 808. The third kappa shape index (κ3) is 3.63. The minimum atomic E-state index is -0.835. The first-order chi connectivity index (χ1) is 13.1. The van der Waals surface area contributed by atoms with Gasteiger partial charge in [-0.2, -0.15) is 0 Å². The van der Waals surface area contributed by atoms with Crippen LogP contribution in [0.1, 0.15) is 23.3 Å². The molecule has 1 aromatic carbocycles. The summed E-state index contributed by atoms with van der Waals surface area (Å²) in [6, 6.07) is 6.70. The monoisotopic (exact) mass is 375 g/mol. The number of hydrogen-bond donors (Lipinski definition) is 1. The average molecular weight is 375 g/mol. The lowest BCUT2D eigenvalue weighted by molar-refractivity contribution is -0.169. The van der Waals surface area contributed by atoms with Crippen molar-refractivity contribution < 1.29 is 23.0 Å². The van der Waals surface area contributed by atoms with Gasteiger partial charge in [-0.3, -0.25) is 4.79 Å². The molecule has 2 aliphatic heterocycles. The van der Waals surface area contributed by atoms with E-state index in [0.717, 1.165) is 43.8 Å². The predicted molar refractivity (Wildman–Crippen MR) is 94.6 cm³/mol. The molecule has 2 fully saturated rings. The molecule has 1 spiro atoms. The van der Waals surface area contributed by atoms with Crippen LogP contribution >= 0.6 is 0 Å². The second kappa shape index (κ2) is 7.21. The lowest BCUT2D eigenvalue weighted by Gasteiger charge is -2.38. The molecule has 0 atom stereocenters. The van der Waals surface area contributed by atoms with Crippen molar-refractivity contribution in [1.29, 1.82) is 0 Å². The zero-order chi connectivity index (χ0) is 18.9. The van der Waals surface area contributed by atoms with Crippen LogP contribution < -0.4 is 10.2 Å². The number of para-hydroxylation sites is 1. The van der Waals surface area contributed by atoms with E-state index >= 15 is 0 Å². The Kier molecular flexibility index (Phi) is 4.75. The van der Waals surface area contributed by atoms with E-state index in [-0.39, 0.29) is 5.69 Å². The third-order valence-corrected chi connectivity index (χ3v) is 4.89. The fraction of sp³-hybridized carbons (Fsp3) is 0.368.